The zero-order valence-corrected chi connectivity index (χ0v) is 10.4. The average Bonchev–Trinajstić information content (AvgIpc) is 2.25. The van der Waals surface area contributed by atoms with Gasteiger partial charge in [0, 0.05) is 29.5 Å². The van der Waals surface area contributed by atoms with Gasteiger partial charge in [0.2, 0.25) is 5.91 Å². The average molecular weight is 257 g/mol. The van der Waals surface area contributed by atoms with Crippen LogP contribution in [0.15, 0.2) is 40.9 Å². The molecule has 1 aromatic carbocycles. The highest BCUT2D eigenvalue weighted by Gasteiger charge is 2.02. The van der Waals surface area contributed by atoms with Crippen LogP contribution in [-0.4, -0.2) is 18.7 Å². The summed E-state index contributed by atoms with van der Waals surface area (Å²) >= 11 is 7.56. The zero-order chi connectivity index (χ0) is 12.0. The first kappa shape index (κ1) is 12.9. The van der Waals surface area contributed by atoms with Gasteiger partial charge >= 0.3 is 0 Å². The van der Waals surface area contributed by atoms with E-state index in [1.54, 1.807) is 18.8 Å². The second-order valence-corrected chi connectivity index (χ2v) is 4.47. The molecule has 5 heteroatoms. The molecule has 0 radical (unpaired) electrons. The van der Waals surface area contributed by atoms with Crippen LogP contribution in [0.5, 0.6) is 0 Å². The van der Waals surface area contributed by atoms with Gasteiger partial charge in [-0.1, -0.05) is 23.7 Å². The summed E-state index contributed by atoms with van der Waals surface area (Å²) in [5, 5.41) is 3.63. The number of carbonyl (C=O) groups is 1. The third kappa shape index (κ3) is 4.16. The number of amides is 1. The number of thioether (sulfide) groups is 1. The summed E-state index contributed by atoms with van der Waals surface area (Å²) in [5.74, 6) is 0.174. The molecule has 0 saturated heterocycles. The minimum Gasteiger partial charge on any atom is -0.391 e. The zero-order valence-electron chi connectivity index (χ0n) is 8.87. The standard InChI is InChI=1S/C11H13ClN2OS/c1-14-8(6-11(13)15)7-16-10-5-3-2-4-9(10)12/h2-6,14H,7H2,1H3,(H2,13,15)/b8-6-. The SMILES string of the molecule is CN/C(=C\C(N)=O)CSc1ccccc1Cl. The van der Waals surface area contributed by atoms with Crippen LogP contribution in [0.4, 0.5) is 0 Å². The molecule has 86 valence electrons. The Morgan fingerprint density at radius 1 is 1.56 bits per heavy atom. The molecule has 1 rings (SSSR count). The summed E-state index contributed by atoms with van der Waals surface area (Å²) in [6.07, 6.45) is 1.38. The van der Waals surface area contributed by atoms with Crippen LogP contribution < -0.4 is 11.1 Å². The van der Waals surface area contributed by atoms with E-state index in [2.05, 4.69) is 5.32 Å². The van der Waals surface area contributed by atoms with E-state index in [0.29, 0.717) is 10.8 Å². The van der Waals surface area contributed by atoms with Gasteiger partial charge in [-0.3, -0.25) is 4.79 Å². The molecule has 0 fully saturated rings. The molecule has 0 atom stereocenters. The van der Waals surface area contributed by atoms with E-state index in [9.17, 15) is 4.79 Å². The van der Waals surface area contributed by atoms with E-state index in [4.69, 9.17) is 17.3 Å². The molecule has 0 aromatic heterocycles. The fourth-order valence-corrected chi connectivity index (χ4v) is 2.29. The van der Waals surface area contributed by atoms with Crippen molar-refractivity contribution in [2.75, 3.05) is 12.8 Å². The van der Waals surface area contributed by atoms with Gasteiger partial charge in [-0.25, -0.2) is 0 Å². The topological polar surface area (TPSA) is 55.1 Å². The third-order valence-corrected chi connectivity index (χ3v) is 3.42. The Morgan fingerprint density at radius 2 is 2.25 bits per heavy atom. The van der Waals surface area contributed by atoms with Crippen LogP contribution in [-0.2, 0) is 4.79 Å². The van der Waals surface area contributed by atoms with E-state index in [-0.39, 0.29) is 0 Å². The van der Waals surface area contributed by atoms with Gasteiger partial charge in [0.1, 0.15) is 0 Å². The first-order valence-electron chi connectivity index (χ1n) is 4.68. The minimum atomic E-state index is -0.455. The molecule has 0 heterocycles. The predicted octanol–water partition coefficient (Wildman–Crippen LogP) is 2.02. The molecule has 0 unspecified atom stereocenters. The van der Waals surface area contributed by atoms with Crippen LogP contribution >= 0.6 is 23.4 Å². The molecule has 1 amide bonds. The Kier molecular flexibility index (Phi) is 5.22. The van der Waals surface area contributed by atoms with Crippen molar-refractivity contribution >= 4 is 29.3 Å². The van der Waals surface area contributed by atoms with Crippen LogP contribution in [0.1, 0.15) is 0 Å². The Hall–Kier alpha value is -1.13. The van der Waals surface area contributed by atoms with E-state index in [0.717, 1.165) is 10.6 Å². The lowest BCUT2D eigenvalue weighted by atomic mass is 10.4. The molecule has 3 N–H and O–H groups in total. The van der Waals surface area contributed by atoms with Crippen LogP contribution in [0.2, 0.25) is 5.02 Å². The Morgan fingerprint density at radius 3 is 2.81 bits per heavy atom. The number of hydrogen-bond donors (Lipinski definition) is 2. The van der Waals surface area contributed by atoms with Crippen molar-refractivity contribution in [1.82, 2.24) is 5.32 Å². The molecule has 0 aliphatic carbocycles. The van der Waals surface area contributed by atoms with E-state index < -0.39 is 5.91 Å². The maximum atomic E-state index is 10.7. The molecule has 0 aliphatic heterocycles. The maximum Gasteiger partial charge on any atom is 0.243 e. The molecule has 0 saturated carbocycles. The monoisotopic (exact) mass is 256 g/mol. The van der Waals surface area contributed by atoms with Crippen molar-refractivity contribution in [1.29, 1.82) is 0 Å². The van der Waals surface area contributed by atoms with Crippen molar-refractivity contribution in [2.24, 2.45) is 5.73 Å². The van der Waals surface area contributed by atoms with Gasteiger partial charge in [0.05, 0.1) is 5.02 Å². The summed E-state index contributed by atoms with van der Waals surface area (Å²) < 4.78 is 0. The second kappa shape index (κ2) is 6.45. The number of halogens is 1. The first-order valence-corrected chi connectivity index (χ1v) is 6.05. The summed E-state index contributed by atoms with van der Waals surface area (Å²) in [5.41, 5.74) is 5.85. The number of primary amides is 1. The highest BCUT2D eigenvalue weighted by atomic mass is 35.5. The van der Waals surface area contributed by atoms with Crippen LogP contribution in [0.25, 0.3) is 0 Å². The van der Waals surface area contributed by atoms with Gasteiger partial charge < -0.3 is 11.1 Å². The highest BCUT2D eigenvalue weighted by Crippen LogP contribution is 2.27. The predicted molar refractivity (Wildman–Crippen MR) is 68.5 cm³/mol. The van der Waals surface area contributed by atoms with E-state index in [1.165, 1.54) is 6.08 Å². The number of rotatable bonds is 5. The number of carbonyl (C=O) groups excluding carboxylic acids is 1. The number of hydrogen-bond acceptors (Lipinski definition) is 3. The Balaban J connectivity index is 2.63. The number of nitrogens with one attached hydrogen (secondary N) is 1. The summed E-state index contributed by atoms with van der Waals surface area (Å²) in [6.45, 7) is 0. The summed E-state index contributed by atoms with van der Waals surface area (Å²) in [7, 11) is 1.75. The molecule has 3 nitrogen and oxygen atoms in total. The van der Waals surface area contributed by atoms with Crippen molar-refractivity contribution in [3.63, 3.8) is 0 Å². The molecule has 16 heavy (non-hydrogen) atoms. The molecular formula is C11H13ClN2OS. The highest BCUT2D eigenvalue weighted by molar-refractivity contribution is 7.99. The third-order valence-electron chi connectivity index (χ3n) is 1.86. The van der Waals surface area contributed by atoms with Crippen LogP contribution in [0.3, 0.4) is 0 Å². The normalized spacial score (nSPS) is 11.2. The molecule has 0 spiro atoms. The fraction of sp³-hybridized carbons (Fsp3) is 0.182. The lowest BCUT2D eigenvalue weighted by molar-refractivity contribution is -0.113. The number of nitrogens with two attached hydrogens (primary N) is 1. The Bertz CT molecular complexity index is 407. The second-order valence-electron chi connectivity index (χ2n) is 3.04. The van der Waals surface area contributed by atoms with Gasteiger partial charge in [0.15, 0.2) is 0 Å². The maximum absolute atomic E-state index is 10.7. The molecule has 0 bridgehead atoms. The quantitative estimate of drug-likeness (QED) is 0.626. The smallest absolute Gasteiger partial charge is 0.243 e. The van der Waals surface area contributed by atoms with E-state index in [1.807, 2.05) is 24.3 Å². The minimum absolute atomic E-state index is 0.455. The number of benzene rings is 1. The summed E-state index contributed by atoms with van der Waals surface area (Å²) in [6, 6.07) is 7.57. The van der Waals surface area contributed by atoms with Crippen molar-refractivity contribution in [2.45, 2.75) is 4.90 Å². The molecule has 0 aliphatic rings. The first-order chi connectivity index (χ1) is 7.63. The van der Waals surface area contributed by atoms with Crippen molar-refractivity contribution < 1.29 is 4.79 Å². The van der Waals surface area contributed by atoms with Crippen LogP contribution in [0, 0.1) is 0 Å². The van der Waals surface area contributed by atoms with Gasteiger partial charge in [-0.05, 0) is 12.1 Å². The van der Waals surface area contributed by atoms with Crippen molar-refractivity contribution in [3.05, 3.63) is 41.1 Å². The van der Waals surface area contributed by atoms with E-state index >= 15 is 0 Å². The molecule has 1 aromatic rings. The lowest BCUT2D eigenvalue weighted by Gasteiger charge is -2.07. The summed E-state index contributed by atoms with van der Waals surface area (Å²) in [4.78, 5) is 11.7. The van der Waals surface area contributed by atoms with Gasteiger partial charge in [-0.2, -0.15) is 0 Å². The van der Waals surface area contributed by atoms with Crippen molar-refractivity contribution in [3.8, 4) is 0 Å². The Labute approximate surface area is 104 Å². The fourth-order valence-electron chi connectivity index (χ4n) is 1.08. The largest absolute Gasteiger partial charge is 0.391 e. The lowest BCUT2D eigenvalue weighted by Crippen LogP contribution is -2.14. The molecular weight excluding hydrogens is 244 g/mol. The van der Waals surface area contributed by atoms with Gasteiger partial charge in [-0.15, -0.1) is 11.8 Å². The van der Waals surface area contributed by atoms with Gasteiger partial charge in [0.25, 0.3) is 0 Å².